The van der Waals surface area contributed by atoms with Crippen LogP contribution in [0.2, 0.25) is 0 Å². The molecule has 1 aromatic carbocycles. The predicted molar refractivity (Wildman–Crippen MR) is 87.3 cm³/mol. The molecule has 1 aliphatic heterocycles. The standard InChI is InChI=1S/C17H19F3N4O3/c1-23(2)10-14-21-16(27-22-14)13-7-8-15(25)24(13)9-11-3-5-12(6-4-11)26-17(18,19)20/h3-6,13H,7-10H2,1-2H3/t13-/m0/s1. The summed E-state index contributed by atoms with van der Waals surface area (Å²) in [5, 5.41) is 3.92. The molecule has 0 aliphatic carbocycles. The number of benzene rings is 1. The van der Waals surface area contributed by atoms with Gasteiger partial charge in [0.1, 0.15) is 11.8 Å². The maximum Gasteiger partial charge on any atom is 0.573 e. The number of nitrogens with zero attached hydrogens (tertiary/aromatic N) is 4. The van der Waals surface area contributed by atoms with Gasteiger partial charge in [0.15, 0.2) is 5.82 Å². The van der Waals surface area contributed by atoms with Gasteiger partial charge in [-0.05, 0) is 38.2 Å². The minimum Gasteiger partial charge on any atom is -0.406 e. The molecule has 1 aromatic heterocycles. The number of carbonyl (C=O) groups excluding carboxylic acids is 1. The van der Waals surface area contributed by atoms with E-state index in [4.69, 9.17) is 4.52 Å². The number of hydrogen-bond acceptors (Lipinski definition) is 6. The lowest BCUT2D eigenvalue weighted by molar-refractivity contribution is -0.274. The van der Waals surface area contributed by atoms with E-state index in [0.29, 0.717) is 36.7 Å². The van der Waals surface area contributed by atoms with Crippen molar-refractivity contribution in [3.05, 3.63) is 41.5 Å². The molecule has 7 nitrogen and oxygen atoms in total. The molecule has 27 heavy (non-hydrogen) atoms. The zero-order valence-electron chi connectivity index (χ0n) is 14.9. The summed E-state index contributed by atoms with van der Waals surface area (Å²) in [5.41, 5.74) is 0.679. The van der Waals surface area contributed by atoms with Gasteiger partial charge in [-0.25, -0.2) is 0 Å². The van der Waals surface area contributed by atoms with Crippen molar-refractivity contribution in [1.29, 1.82) is 0 Å². The van der Waals surface area contributed by atoms with Gasteiger partial charge in [-0.2, -0.15) is 4.98 Å². The molecule has 1 atom stereocenters. The quantitative estimate of drug-likeness (QED) is 0.763. The van der Waals surface area contributed by atoms with E-state index in [-0.39, 0.29) is 24.2 Å². The molecule has 3 rings (SSSR count). The van der Waals surface area contributed by atoms with E-state index in [1.807, 2.05) is 19.0 Å². The van der Waals surface area contributed by atoms with Crippen LogP contribution in [0.25, 0.3) is 0 Å². The highest BCUT2D eigenvalue weighted by Crippen LogP contribution is 2.33. The fraction of sp³-hybridized carbons (Fsp3) is 0.471. The first kappa shape index (κ1) is 19.2. The number of alkyl halides is 3. The Kier molecular flexibility index (Phi) is 5.36. The third kappa shape index (κ3) is 4.97. The number of aromatic nitrogens is 2. The Bertz CT molecular complexity index is 789. The summed E-state index contributed by atoms with van der Waals surface area (Å²) in [6.45, 7) is 0.756. The maximum atomic E-state index is 12.3. The lowest BCUT2D eigenvalue weighted by Crippen LogP contribution is -2.27. The van der Waals surface area contributed by atoms with Crippen molar-refractivity contribution >= 4 is 5.91 Å². The Morgan fingerprint density at radius 3 is 2.63 bits per heavy atom. The van der Waals surface area contributed by atoms with Gasteiger partial charge < -0.3 is 19.1 Å². The predicted octanol–water partition coefficient (Wildman–Crippen LogP) is 2.89. The highest BCUT2D eigenvalue weighted by Gasteiger charge is 2.36. The van der Waals surface area contributed by atoms with Gasteiger partial charge in [-0.3, -0.25) is 4.79 Å². The number of carbonyl (C=O) groups is 1. The molecule has 2 heterocycles. The zero-order valence-corrected chi connectivity index (χ0v) is 14.9. The fourth-order valence-corrected chi connectivity index (χ4v) is 2.93. The lowest BCUT2D eigenvalue weighted by Gasteiger charge is -2.22. The van der Waals surface area contributed by atoms with Crippen LogP contribution >= 0.6 is 0 Å². The second-order valence-corrected chi connectivity index (χ2v) is 6.55. The largest absolute Gasteiger partial charge is 0.573 e. The third-order valence-electron chi connectivity index (χ3n) is 4.06. The smallest absolute Gasteiger partial charge is 0.406 e. The summed E-state index contributed by atoms with van der Waals surface area (Å²) in [7, 11) is 3.77. The second-order valence-electron chi connectivity index (χ2n) is 6.55. The van der Waals surface area contributed by atoms with Gasteiger partial charge in [0, 0.05) is 13.0 Å². The second kappa shape index (κ2) is 7.55. The molecular formula is C17H19F3N4O3. The molecule has 2 aromatic rings. The third-order valence-corrected chi connectivity index (χ3v) is 4.06. The first-order valence-electron chi connectivity index (χ1n) is 8.32. The fourth-order valence-electron chi connectivity index (χ4n) is 2.93. The number of hydrogen-bond donors (Lipinski definition) is 0. The van der Waals surface area contributed by atoms with Gasteiger partial charge >= 0.3 is 6.36 Å². The van der Waals surface area contributed by atoms with Crippen LogP contribution in [0.5, 0.6) is 5.75 Å². The Balaban J connectivity index is 1.70. The number of ether oxygens (including phenoxy) is 1. The van der Waals surface area contributed by atoms with Crippen molar-refractivity contribution < 1.29 is 27.2 Å². The molecule has 10 heteroatoms. The van der Waals surface area contributed by atoms with Crippen molar-refractivity contribution in [3.8, 4) is 5.75 Å². The number of halogens is 3. The Morgan fingerprint density at radius 2 is 2.00 bits per heavy atom. The van der Waals surface area contributed by atoms with Crippen LogP contribution in [-0.4, -0.2) is 46.3 Å². The molecule has 1 aliphatic rings. The zero-order chi connectivity index (χ0) is 19.6. The average Bonchev–Trinajstić information content (AvgIpc) is 3.15. The van der Waals surface area contributed by atoms with E-state index in [9.17, 15) is 18.0 Å². The van der Waals surface area contributed by atoms with E-state index >= 15 is 0 Å². The maximum absolute atomic E-state index is 12.3. The highest BCUT2D eigenvalue weighted by atomic mass is 19.4. The van der Waals surface area contributed by atoms with E-state index in [0.717, 1.165) is 0 Å². The average molecular weight is 384 g/mol. The molecule has 146 valence electrons. The van der Waals surface area contributed by atoms with E-state index in [2.05, 4.69) is 14.9 Å². The molecule has 0 spiro atoms. The number of rotatable bonds is 6. The van der Waals surface area contributed by atoms with Crippen LogP contribution in [0, 0.1) is 0 Å². The molecule has 0 N–H and O–H groups in total. The summed E-state index contributed by atoms with van der Waals surface area (Å²) < 4.78 is 45.9. The Labute approximate surface area is 153 Å². The molecule has 0 bridgehead atoms. The lowest BCUT2D eigenvalue weighted by atomic mass is 10.1. The van der Waals surface area contributed by atoms with E-state index in [1.165, 1.54) is 24.3 Å². The number of likely N-dealkylation sites (tertiary alicyclic amines) is 1. The van der Waals surface area contributed by atoms with Crippen LogP contribution < -0.4 is 4.74 Å². The van der Waals surface area contributed by atoms with Crippen molar-refractivity contribution in [1.82, 2.24) is 19.9 Å². The molecule has 0 radical (unpaired) electrons. The summed E-state index contributed by atoms with van der Waals surface area (Å²) in [6, 6.07) is 5.09. The summed E-state index contributed by atoms with van der Waals surface area (Å²) in [6.07, 6.45) is -3.83. The Morgan fingerprint density at radius 1 is 1.30 bits per heavy atom. The van der Waals surface area contributed by atoms with Gasteiger partial charge in [0.05, 0.1) is 6.54 Å². The monoisotopic (exact) mass is 384 g/mol. The first-order chi connectivity index (χ1) is 12.7. The van der Waals surface area contributed by atoms with E-state index in [1.54, 1.807) is 4.90 Å². The topological polar surface area (TPSA) is 71.7 Å². The Hall–Kier alpha value is -2.62. The molecule has 0 saturated carbocycles. The van der Waals surface area contributed by atoms with Gasteiger partial charge in [0.2, 0.25) is 11.8 Å². The van der Waals surface area contributed by atoms with Crippen LogP contribution in [0.15, 0.2) is 28.8 Å². The summed E-state index contributed by atoms with van der Waals surface area (Å²) in [5.74, 6) is 0.529. The minimum absolute atomic E-state index is 0.0667. The summed E-state index contributed by atoms with van der Waals surface area (Å²) in [4.78, 5) is 20.1. The van der Waals surface area contributed by atoms with Crippen LogP contribution in [0.3, 0.4) is 0 Å². The van der Waals surface area contributed by atoms with Crippen molar-refractivity contribution in [2.45, 2.75) is 38.3 Å². The SMILES string of the molecule is CN(C)Cc1noc([C@@H]2CCC(=O)N2Cc2ccc(OC(F)(F)F)cc2)n1. The van der Waals surface area contributed by atoms with Crippen LogP contribution in [0.1, 0.15) is 36.2 Å². The van der Waals surface area contributed by atoms with Crippen LogP contribution in [-0.2, 0) is 17.9 Å². The van der Waals surface area contributed by atoms with Crippen molar-refractivity contribution in [2.24, 2.45) is 0 Å². The minimum atomic E-state index is -4.74. The number of amides is 1. The first-order valence-corrected chi connectivity index (χ1v) is 8.32. The molecule has 1 saturated heterocycles. The van der Waals surface area contributed by atoms with E-state index < -0.39 is 6.36 Å². The van der Waals surface area contributed by atoms with Gasteiger partial charge in [0.25, 0.3) is 0 Å². The van der Waals surface area contributed by atoms with Gasteiger partial charge in [-0.15, -0.1) is 13.2 Å². The molecule has 1 fully saturated rings. The molecular weight excluding hydrogens is 365 g/mol. The normalized spacial score (nSPS) is 17.8. The van der Waals surface area contributed by atoms with Crippen LogP contribution in [0.4, 0.5) is 13.2 Å². The molecule has 0 unspecified atom stereocenters. The van der Waals surface area contributed by atoms with Crippen molar-refractivity contribution in [2.75, 3.05) is 14.1 Å². The van der Waals surface area contributed by atoms with Crippen molar-refractivity contribution in [3.63, 3.8) is 0 Å². The highest BCUT2D eigenvalue weighted by molar-refractivity contribution is 5.78. The molecule has 1 amide bonds. The van der Waals surface area contributed by atoms with Gasteiger partial charge in [-0.1, -0.05) is 17.3 Å². The summed E-state index contributed by atoms with van der Waals surface area (Å²) >= 11 is 0.